The van der Waals surface area contributed by atoms with Crippen LogP contribution in [0.3, 0.4) is 0 Å². The Morgan fingerprint density at radius 2 is 0.651 bits per heavy atom. The molecule has 0 aromatic heterocycles. The highest BCUT2D eigenvalue weighted by Crippen LogP contribution is 2.18. The van der Waals surface area contributed by atoms with Crippen molar-refractivity contribution in [3.05, 3.63) is 36.5 Å². The monoisotopic (exact) mass is 884 g/mol. The summed E-state index contributed by atoms with van der Waals surface area (Å²) < 4.78 is 0. The molecule has 0 radical (unpaired) electrons. The van der Waals surface area contributed by atoms with E-state index in [1.54, 1.807) is 0 Å². The molecule has 0 spiro atoms. The Kier molecular flexibility index (Phi) is 53.7. The van der Waals surface area contributed by atoms with Gasteiger partial charge in [-0.3, -0.25) is 4.79 Å². The first kappa shape index (κ1) is 61.6. The predicted molar refractivity (Wildman–Crippen MR) is 281 cm³/mol. The number of allylic oxidation sites excluding steroid dienone is 6. The van der Waals surface area contributed by atoms with Gasteiger partial charge < -0.3 is 15.5 Å². The molecular formula is C59H113NO3. The van der Waals surface area contributed by atoms with E-state index in [2.05, 4.69) is 55.6 Å². The number of aliphatic hydroxyl groups is 2. The molecule has 0 heterocycles. The zero-order valence-electron chi connectivity index (χ0n) is 42.9. The molecule has 4 nitrogen and oxygen atoms in total. The minimum atomic E-state index is -0.659. The van der Waals surface area contributed by atoms with Crippen LogP contribution in [-0.2, 0) is 4.79 Å². The van der Waals surface area contributed by atoms with Gasteiger partial charge in [0, 0.05) is 6.42 Å². The van der Waals surface area contributed by atoms with Crippen molar-refractivity contribution >= 4 is 5.91 Å². The molecule has 0 aliphatic heterocycles. The lowest BCUT2D eigenvalue weighted by atomic mass is 10.0. The topological polar surface area (TPSA) is 69.6 Å². The van der Waals surface area contributed by atoms with E-state index in [9.17, 15) is 15.0 Å². The fourth-order valence-electron chi connectivity index (χ4n) is 9.02. The second kappa shape index (κ2) is 54.9. The number of carbonyl (C=O) groups is 1. The van der Waals surface area contributed by atoms with E-state index in [-0.39, 0.29) is 12.5 Å². The third kappa shape index (κ3) is 51.5. The van der Waals surface area contributed by atoms with Crippen molar-refractivity contribution in [3.8, 4) is 0 Å². The summed E-state index contributed by atoms with van der Waals surface area (Å²) in [4.78, 5) is 12.5. The average Bonchev–Trinajstić information content (AvgIpc) is 3.29. The van der Waals surface area contributed by atoms with E-state index in [0.717, 1.165) is 38.5 Å². The number of amides is 1. The maximum Gasteiger partial charge on any atom is 0.220 e. The molecule has 0 fully saturated rings. The molecule has 4 heteroatoms. The molecule has 1 amide bonds. The Hall–Kier alpha value is -1.39. The fraction of sp³-hybridized carbons (Fsp3) is 0.881. The molecular weight excluding hydrogens is 771 g/mol. The van der Waals surface area contributed by atoms with Gasteiger partial charge in [-0.15, -0.1) is 0 Å². The number of aliphatic hydroxyl groups excluding tert-OH is 2. The zero-order chi connectivity index (χ0) is 45.6. The average molecular weight is 885 g/mol. The molecule has 0 saturated heterocycles. The summed E-state index contributed by atoms with van der Waals surface area (Å²) >= 11 is 0. The molecule has 0 aromatic rings. The lowest BCUT2D eigenvalue weighted by Crippen LogP contribution is -2.45. The Morgan fingerprint density at radius 1 is 0.381 bits per heavy atom. The molecule has 0 saturated carbocycles. The van der Waals surface area contributed by atoms with Gasteiger partial charge in [-0.1, -0.05) is 294 Å². The van der Waals surface area contributed by atoms with Crippen LogP contribution < -0.4 is 5.32 Å². The molecule has 0 aliphatic carbocycles. The zero-order valence-corrected chi connectivity index (χ0v) is 42.9. The van der Waals surface area contributed by atoms with Crippen molar-refractivity contribution in [2.75, 3.05) is 6.61 Å². The van der Waals surface area contributed by atoms with Crippen LogP contribution in [0.15, 0.2) is 36.5 Å². The lowest BCUT2D eigenvalue weighted by molar-refractivity contribution is -0.123. The SMILES string of the molecule is CCCCCCC/C=C\C/C=C\C/C=C\CCCCCCCCCCCCCCCCCCC(=O)NC(CO)C(O)CCCCCCCCCCCCCCCCCCCCCC. The van der Waals surface area contributed by atoms with Crippen molar-refractivity contribution in [1.29, 1.82) is 0 Å². The van der Waals surface area contributed by atoms with Crippen molar-refractivity contribution in [3.63, 3.8) is 0 Å². The van der Waals surface area contributed by atoms with Gasteiger partial charge in [0.2, 0.25) is 5.91 Å². The van der Waals surface area contributed by atoms with Crippen LogP contribution >= 0.6 is 0 Å². The molecule has 0 aromatic carbocycles. The molecule has 2 atom stereocenters. The van der Waals surface area contributed by atoms with Crippen LogP contribution in [0.4, 0.5) is 0 Å². The van der Waals surface area contributed by atoms with E-state index in [1.165, 1.54) is 250 Å². The van der Waals surface area contributed by atoms with Crippen LogP contribution in [0.5, 0.6) is 0 Å². The Morgan fingerprint density at radius 3 is 0.968 bits per heavy atom. The molecule has 63 heavy (non-hydrogen) atoms. The Bertz CT molecular complexity index is 958. The highest BCUT2D eigenvalue weighted by molar-refractivity contribution is 5.76. The molecule has 3 N–H and O–H groups in total. The highest BCUT2D eigenvalue weighted by atomic mass is 16.3. The van der Waals surface area contributed by atoms with Gasteiger partial charge >= 0.3 is 0 Å². The Labute approximate surface area is 395 Å². The van der Waals surface area contributed by atoms with E-state index >= 15 is 0 Å². The van der Waals surface area contributed by atoms with Crippen molar-refractivity contribution in [1.82, 2.24) is 5.32 Å². The number of nitrogens with one attached hydrogen (secondary N) is 1. The predicted octanol–water partition coefficient (Wildman–Crippen LogP) is 18.9. The van der Waals surface area contributed by atoms with Gasteiger partial charge in [-0.2, -0.15) is 0 Å². The summed E-state index contributed by atoms with van der Waals surface area (Å²) in [5.41, 5.74) is 0. The first-order chi connectivity index (χ1) is 31.2. The first-order valence-electron chi connectivity index (χ1n) is 28.7. The molecule has 2 unspecified atom stereocenters. The number of rotatable bonds is 53. The largest absolute Gasteiger partial charge is 0.394 e. The van der Waals surface area contributed by atoms with E-state index < -0.39 is 12.1 Å². The number of unbranched alkanes of at least 4 members (excludes halogenated alkanes) is 40. The summed E-state index contributed by atoms with van der Waals surface area (Å²) in [6, 6.07) is -0.536. The van der Waals surface area contributed by atoms with E-state index in [0.29, 0.717) is 12.8 Å². The van der Waals surface area contributed by atoms with Crippen LogP contribution in [0.1, 0.15) is 316 Å². The Balaban J connectivity index is 3.44. The fourth-order valence-corrected chi connectivity index (χ4v) is 9.02. The van der Waals surface area contributed by atoms with Crippen molar-refractivity contribution in [2.24, 2.45) is 0 Å². The first-order valence-corrected chi connectivity index (χ1v) is 28.7. The summed E-state index contributed by atoms with van der Waals surface area (Å²) in [7, 11) is 0. The third-order valence-corrected chi connectivity index (χ3v) is 13.4. The third-order valence-electron chi connectivity index (χ3n) is 13.4. The summed E-state index contributed by atoms with van der Waals surface area (Å²) in [5.74, 6) is -0.0269. The molecule has 372 valence electrons. The number of hydrogen-bond acceptors (Lipinski definition) is 3. The maximum atomic E-state index is 12.5. The maximum absolute atomic E-state index is 12.5. The molecule has 0 bridgehead atoms. The van der Waals surface area contributed by atoms with Crippen LogP contribution in [0.2, 0.25) is 0 Å². The number of hydrogen-bond donors (Lipinski definition) is 3. The van der Waals surface area contributed by atoms with Gasteiger partial charge in [0.1, 0.15) is 0 Å². The smallest absolute Gasteiger partial charge is 0.220 e. The van der Waals surface area contributed by atoms with E-state index in [4.69, 9.17) is 0 Å². The lowest BCUT2D eigenvalue weighted by Gasteiger charge is -2.22. The summed E-state index contributed by atoms with van der Waals surface area (Å²) in [6.07, 6.45) is 74.2. The quantitative estimate of drug-likeness (QED) is 0.0421. The van der Waals surface area contributed by atoms with Crippen molar-refractivity contribution < 1.29 is 15.0 Å². The number of carbonyl (C=O) groups excluding carboxylic acids is 1. The summed E-state index contributed by atoms with van der Waals surface area (Å²) in [6.45, 7) is 4.38. The van der Waals surface area contributed by atoms with Crippen LogP contribution in [-0.4, -0.2) is 34.9 Å². The van der Waals surface area contributed by atoms with Crippen LogP contribution in [0, 0.1) is 0 Å². The van der Waals surface area contributed by atoms with Gasteiger partial charge in [0.15, 0.2) is 0 Å². The molecule has 0 rings (SSSR count). The second-order valence-electron chi connectivity index (χ2n) is 19.7. The van der Waals surface area contributed by atoms with Gasteiger partial charge in [-0.25, -0.2) is 0 Å². The van der Waals surface area contributed by atoms with E-state index in [1.807, 2.05) is 0 Å². The van der Waals surface area contributed by atoms with Gasteiger partial charge in [0.05, 0.1) is 18.8 Å². The minimum Gasteiger partial charge on any atom is -0.394 e. The molecule has 0 aliphatic rings. The van der Waals surface area contributed by atoms with Gasteiger partial charge in [-0.05, 0) is 51.4 Å². The normalized spacial score (nSPS) is 13.0. The minimum absolute atomic E-state index is 0.0269. The van der Waals surface area contributed by atoms with Gasteiger partial charge in [0.25, 0.3) is 0 Å². The highest BCUT2D eigenvalue weighted by Gasteiger charge is 2.20. The summed E-state index contributed by atoms with van der Waals surface area (Å²) in [5, 5.41) is 23.3. The second-order valence-corrected chi connectivity index (χ2v) is 19.7. The van der Waals surface area contributed by atoms with Crippen LogP contribution in [0.25, 0.3) is 0 Å². The van der Waals surface area contributed by atoms with Crippen molar-refractivity contribution in [2.45, 2.75) is 328 Å². The standard InChI is InChI=1S/C59H113NO3/c1-3-5-7-9-11-13-15-17-19-21-23-25-26-27-28-29-30-31-32-33-34-35-37-39-41-43-45-47-49-51-53-55-59(63)60-57(56-61)58(62)54-52-50-48-46-44-42-40-38-36-24-22-20-18-16-14-12-10-8-6-4-2/h15,17,21,23,26-27,57-58,61-62H,3-14,16,18-20,22,24-25,28-56H2,1-2H3,(H,60,63)/b17-15-,23-21-,27-26-.